The summed E-state index contributed by atoms with van der Waals surface area (Å²) in [7, 11) is 0. The molecule has 3 aromatic rings. The van der Waals surface area contributed by atoms with Gasteiger partial charge in [-0.05, 0) is 24.3 Å². The lowest BCUT2D eigenvalue weighted by molar-refractivity contribution is -0.138. The third-order valence-electron chi connectivity index (χ3n) is 3.61. The molecule has 0 saturated carbocycles. The van der Waals surface area contributed by atoms with Crippen LogP contribution in [0.5, 0.6) is 0 Å². The fourth-order valence-electron chi connectivity index (χ4n) is 2.49. The molecule has 4 rings (SSSR count). The van der Waals surface area contributed by atoms with Crippen molar-refractivity contribution in [3.63, 3.8) is 0 Å². The standard InChI is InChI=1S/C16H14N4O3S2/c21-13(8-25-16-17-10-4-1-2-5-11(10)18-16)19-20-14(22)9-24-15(20)12-6-3-7-23-12/h1-7,15H,8-9H2,(H,17,18)(H,19,21). The van der Waals surface area contributed by atoms with Crippen molar-refractivity contribution in [2.24, 2.45) is 0 Å². The zero-order valence-corrected chi connectivity index (χ0v) is 14.6. The first-order valence-corrected chi connectivity index (χ1v) is 9.58. The number of para-hydroxylation sites is 2. The average Bonchev–Trinajstić information content (AvgIpc) is 3.33. The Morgan fingerprint density at radius 2 is 2.28 bits per heavy atom. The number of nitrogens with zero attached hydrogens (tertiary/aromatic N) is 2. The van der Waals surface area contributed by atoms with Gasteiger partial charge in [-0.1, -0.05) is 23.9 Å². The van der Waals surface area contributed by atoms with E-state index in [-0.39, 0.29) is 22.9 Å². The van der Waals surface area contributed by atoms with Crippen molar-refractivity contribution in [3.05, 3.63) is 48.4 Å². The second-order valence-electron chi connectivity index (χ2n) is 5.33. The number of aromatic amines is 1. The lowest BCUT2D eigenvalue weighted by atomic mass is 10.3. The predicted octanol–water partition coefficient (Wildman–Crippen LogP) is 2.55. The molecule has 0 spiro atoms. The topological polar surface area (TPSA) is 91.2 Å². The minimum atomic E-state index is -0.331. The van der Waals surface area contributed by atoms with Gasteiger partial charge in [0, 0.05) is 0 Å². The average molecular weight is 374 g/mol. The van der Waals surface area contributed by atoms with Crippen LogP contribution in [0.4, 0.5) is 0 Å². The number of furan rings is 1. The molecular weight excluding hydrogens is 360 g/mol. The number of nitrogens with one attached hydrogen (secondary N) is 2. The number of thioether (sulfide) groups is 2. The summed E-state index contributed by atoms with van der Waals surface area (Å²) in [5.74, 6) is 0.689. The summed E-state index contributed by atoms with van der Waals surface area (Å²) in [6, 6.07) is 11.2. The SMILES string of the molecule is O=C(CSc1nc2ccccc2[nH]1)NN1C(=O)CSC1c1ccco1. The van der Waals surface area contributed by atoms with E-state index in [9.17, 15) is 9.59 Å². The Balaban J connectivity index is 1.38. The quantitative estimate of drug-likeness (QED) is 0.667. The molecule has 9 heteroatoms. The van der Waals surface area contributed by atoms with E-state index in [1.165, 1.54) is 28.5 Å². The van der Waals surface area contributed by atoms with Gasteiger partial charge in [0.05, 0.1) is 28.8 Å². The highest BCUT2D eigenvalue weighted by Gasteiger charge is 2.36. The smallest absolute Gasteiger partial charge is 0.252 e. The fourth-order valence-corrected chi connectivity index (χ4v) is 4.22. The molecule has 0 aliphatic carbocycles. The highest BCUT2D eigenvalue weighted by atomic mass is 32.2. The van der Waals surface area contributed by atoms with E-state index < -0.39 is 0 Å². The Morgan fingerprint density at radius 3 is 3.08 bits per heavy atom. The van der Waals surface area contributed by atoms with Crippen LogP contribution in [0.25, 0.3) is 11.0 Å². The lowest BCUT2D eigenvalue weighted by Gasteiger charge is -2.22. The van der Waals surface area contributed by atoms with Gasteiger partial charge in [0.25, 0.3) is 5.91 Å². The molecular formula is C16H14N4O3S2. The highest BCUT2D eigenvalue weighted by Crippen LogP contribution is 2.37. The molecule has 1 saturated heterocycles. The van der Waals surface area contributed by atoms with Gasteiger partial charge in [0.2, 0.25) is 5.91 Å². The summed E-state index contributed by atoms with van der Waals surface area (Å²) in [5, 5.41) is 1.68. The van der Waals surface area contributed by atoms with Crippen molar-refractivity contribution in [2.75, 3.05) is 11.5 Å². The number of hydrogen-bond donors (Lipinski definition) is 2. The Labute approximate surface area is 151 Å². The number of imidazole rings is 1. The summed E-state index contributed by atoms with van der Waals surface area (Å²) in [6.07, 6.45) is 1.55. The van der Waals surface area contributed by atoms with Crippen molar-refractivity contribution in [3.8, 4) is 0 Å². The third kappa shape index (κ3) is 3.38. The van der Waals surface area contributed by atoms with Gasteiger partial charge in [-0.2, -0.15) is 0 Å². The van der Waals surface area contributed by atoms with Gasteiger partial charge in [-0.25, -0.2) is 9.99 Å². The van der Waals surface area contributed by atoms with Crippen molar-refractivity contribution < 1.29 is 14.0 Å². The van der Waals surface area contributed by atoms with E-state index in [1.54, 1.807) is 18.4 Å². The molecule has 1 unspecified atom stereocenters. The second kappa shape index (κ2) is 6.85. The van der Waals surface area contributed by atoms with Crippen molar-refractivity contribution in [1.82, 2.24) is 20.4 Å². The van der Waals surface area contributed by atoms with E-state index in [0.29, 0.717) is 16.7 Å². The molecule has 7 nitrogen and oxygen atoms in total. The molecule has 1 fully saturated rings. The molecule has 1 aliphatic heterocycles. The van der Waals surface area contributed by atoms with Crippen LogP contribution >= 0.6 is 23.5 Å². The van der Waals surface area contributed by atoms with Crippen LogP contribution in [-0.4, -0.2) is 38.3 Å². The molecule has 1 atom stereocenters. The number of hydrogen-bond acceptors (Lipinski definition) is 6. The number of hydrazine groups is 1. The number of H-pyrrole nitrogens is 1. The minimum absolute atomic E-state index is 0.145. The second-order valence-corrected chi connectivity index (χ2v) is 7.36. The number of rotatable bonds is 5. The normalized spacial score (nSPS) is 17.4. The predicted molar refractivity (Wildman–Crippen MR) is 95.7 cm³/mol. The number of amides is 2. The highest BCUT2D eigenvalue weighted by molar-refractivity contribution is 8.00. The largest absolute Gasteiger partial charge is 0.466 e. The van der Waals surface area contributed by atoms with Gasteiger partial charge in [0.1, 0.15) is 5.76 Å². The Kier molecular flexibility index (Phi) is 4.41. The first-order chi connectivity index (χ1) is 12.2. The fraction of sp³-hybridized carbons (Fsp3) is 0.188. The van der Waals surface area contributed by atoms with E-state index in [4.69, 9.17) is 4.42 Å². The van der Waals surface area contributed by atoms with E-state index >= 15 is 0 Å². The van der Waals surface area contributed by atoms with Crippen LogP contribution in [0, 0.1) is 0 Å². The zero-order chi connectivity index (χ0) is 17.2. The summed E-state index contributed by atoms with van der Waals surface area (Å²) in [5.41, 5.74) is 4.45. The maximum atomic E-state index is 12.2. The molecule has 128 valence electrons. The van der Waals surface area contributed by atoms with Gasteiger partial charge in [-0.3, -0.25) is 15.0 Å². The number of carbonyl (C=O) groups is 2. The van der Waals surface area contributed by atoms with Crippen LogP contribution in [0.3, 0.4) is 0 Å². The van der Waals surface area contributed by atoms with E-state index in [0.717, 1.165) is 11.0 Å². The molecule has 25 heavy (non-hydrogen) atoms. The molecule has 3 heterocycles. The summed E-state index contributed by atoms with van der Waals surface area (Å²) < 4.78 is 5.35. The monoisotopic (exact) mass is 374 g/mol. The third-order valence-corrected chi connectivity index (χ3v) is 5.65. The van der Waals surface area contributed by atoms with Crippen LogP contribution in [0.2, 0.25) is 0 Å². The van der Waals surface area contributed by atoms with Gasteiger partial charge >= 0.3 is 0 Å². The van der Waals surface area contributed by atoms with E-state index in [1.807, 2.05) is 24.3 Å². The number of aromatic nitrogens is 2. The molecule has 2 amide bonds. The number of fused-ring (bicyclic) bond motifs is 1. The van der Waals surface area contributed by atoms with Crippen molar-refractivity contribution >= 4 is 46.4 Å². The van der Waals surface area contributed by atoms with Crippen molar-refractivity contribution in [1.29, 1.82) is 0 Å². The van der Waals surface area contributed by atoms with Crippen LogP contribution in [-0.2, 0) is 9.59 Å². The van der Waals surface area contributed by atoms with Gasteiger partial charge < -0.3 is 9.40 Å². The molecule has 0 radical (unpaired) electrons. The van der Waals surface area contributed by atoms with Crippen LogP contribution in [0.1, 0.15) is 11.1 Å². The Bertz CT molecular complexity index is 876. The Hall–Kier alpha value is -2.39. The first kappa shape index (κ1) is 16.1. The van der Waals surface area contributed by atoms with E-state index in [2.05, 4.69) is 15.4 Å². The molecule has 0 bridgehead atoms. The van der Waals surface area contributed by atoms with Gasteiger partial charge in [-0.15, -0.1) is 11.8 Å². The number of carbonyl (C=O) groups excluding carboxylic acids is 2. The maximum Gasteiger partial charge on any atom is 0.252 e. The Morgan fingerprint density at radius 1 is 1.40 bits per heavy atom. The molecule has 1 aromatic carbocycles. The minimum Gasteiger partial charge on any atom is -0.466 e. The first-order valence-electron chi connectivity index (χ1n) is 7.55. The molecule has 1 aliphatic rings. The number of benzene rings is 1. The lowest BCUT2D eigenvalue weighted by Crippen LogP contribution is -2.45. The zero-order valence-electron chi connectivity index (χ0n) is 13.0. The summed E-state index contributed by atoms with van der Waals surface area (Å²) in [4.78, 5) is 31.8. The van der Waals surface area contributed by atoms with Crippen molar-refractivity contribution in [2.45, 2.75) is 10.5 Å². The molecule has 2 aromatic heterocycles. The van der Waals surface area contributed by atoms with Crippen LogP contribution in [0.15, 0.2) is 52.2 Å². The maximum absolute atomic E-state index is 12.2. The van der Waals surface area contributed by atoms with Gasteiger partial charge in [0.15, 0.2) is 10.5 Å². The molecule has 2 N–H and O–H groups in total. The van der Waals surface area contributed by atoms with Crippen LogP contribution < -0.4 is 5.43 Å². The summed E-state index contributed by atoms with van der Waals surface area (Å²) >= 11 is 2.71. The summed E-state index contributed by atoms with van der Waals surface area (Å²) in [6.45, 7) is 0.